The maximum atomic E-state index is 9.63. The minimum atomic E-state index is -0.103. The normalized spacial score (nSPS) is 12.5. The highest BCUT2D eigenvalue weighted by molar-refractivity contribution is 7.98. The van der Waals surface area contributed by atoms with Crippen LogP contribution in [0.2, 0.25) is 0 Å². The third-order valence-electron chi connectivity index (χ3n) is 3.56. The van der Waals surface area contributed by atoms with Gasteiger partial charge in [0.05, 0.1) is 12.6 Å². The number of hydrogen-bond acceptors (Lipinski definition) is 5. The van der Waals surface area contributed by atoms with E-state index in [-0.39, 0.29) is 12.6 Å². The maximum absolute atomic E-state index is 9.63. The second-order valence-electron chi connectivity index (χ2n) is 5.05. The lowest BCUT2D eigenvalue weighted by atomic mass is 10.1. The Morgan fingerprint density at radius 1 is 1.23 bits per heavy atom. The number of benzene rings is 1. The molecule has 3 aromatic rings. The van der Waals surface area contributed by atoms with E-state index < -0.39 is 0 Å². The highest BCUT2D eigenvalue weighted by Gasteiger charge is 2.12. The molecule has 0 aliphatic rings. The van der Waals surface area contributed by atoms with Gasteiger partial charge in [-0.2, -0.15) is 0 Å². The molecule has 0 spiro atoms. The van der Waals surface area contributed by atoms with Gasteiger partial charge in [-0.1, -0.05) is 18.2 Å². The van der Waals surface area contributed by atoms with Gasteiger partial charge in [-0.15, -0.1) is 22.0 Å². The average molecular weight is 314 g/mol. The van der Waals surface area contributed by atoms with Crippen molar-refractivity contribution < 1.29 is 5.11 Å². The smallest absolute Gasteiger partial charge is 0.149 e. The first-order valence-electron chi connectivity index (χ1n) is 7.10. The molecule has 0 unspecified atom stereocenters. The molecule has 22 heavy (non-hydrogen) atoms. The molecule has 3 rings (SSSR count). The number of hydrogen-bond donors (Lipinski definition) is 3. The molecule has 0 saturated carbocycles. The number of nitrogens with one attached hydrogen (secondary N) is 2. The van der Waals surface area contributed by atoms with E-state index in [1.54, 1.807) is 11.8 Å². The van der Waals surface area contributed by atoms with Crippen LogP contribution < -0.4 is 5.32 Å². The zero-order valence-corrected chi connectivity index (χ0v) is 13.1. The highest BCUT2D eigenvalue weighted by Crippen LogP contribution is 2.20. The summed E-state index contributed by atoms with van der Waals surface area (Å²) >= 11 is 1.55. The van der Waals surface area contributed by atoms with Crippen LogP contribution in [0, 0.1) is 0 Å². The summed E-state index contributed by atoms with van der Waals surface area (Å²) in [6.45, 7) is 0.0332. The van der Waals surface area contributed by atoms with E-state index >= 15 is 0 Å². The SMILES string of the molecule is CSc1ccc(N[C@@H](CO)Cc2c[nH]c3ccccc23)nn1. The summed E-state index contributed by atoms with van der Waals surface area (Å²) in [5.74, 6) is 0.677. The van der Waals surface area contributed by atoms with Crippen molar-refractivity contribution in [2.75, 3.05) is 18.2 Å². The van der Waals surface area contributed by atoms with E-state index in [9.17, 15) is 5.11 Å². The minimum Gasteiger partial charge on any atom is -0.394 e. The van der Waals surface area contributed by atoms with Crippen LogP contribution in [0.5, 0.6) is 0 Å². The van der Waals surface area contributed by atoms with Crippen LogP contribution in [-0.4, -0.2) is 39.2 Å². The first-order chi connectivity index (χ1) is 10.8. The summed E-state index contributed by atoms with van der Waals surface area (Å²) in [6, 6.07) is 11.9. The Balaban J connectivity index is 1.73. The van der Waals surface area contributed by atoms with Gasteiger partial charge in [0, 0.05) is 17.1 Å². The van der Waals surface area contributed by atoms with Crippen molar-refractivity contribution in [3.8, 4) is 0 Å². The van der Waals surface area contributed by atoms with Crippen molar-refractivity contribution in [2.24, 2.45) is 0 Å². The van der Waals surface area contributed by atoms with E-state index in [0.29, 0.717) is 12.2 Å². The van der Waals surface area contributed by atoms with Crippen LogP contribution in [-0.2, 0) is 6.42 Å². The first-order valence-corrected chi connectivity index (χ1v) is 8.32. The summed E-state index contributed by atoms with van der Waals surface area (Å²) in [5, 5.41) is 23.2. The summed E-state index contributed by atoms with van der Waals surface area (Å²) in [7, 11) is 0. The van der Waals surface area contributed by atoms with Crippen LogP contribution in [0.15, 0.2) is 47.6 Å². The number of nitrogens with zero attached hydrogens (tertiary/aromatic N) is 2. The van der Waals surface area contributed by atoms with E-state index in [4.69, 9.17) is 0 Å². The Hall–Kier alpha value is -2.05. The van der Waals surface area contributed by atoms with Crippen molar-refractivity contribution in [1.82, 2.24) is 15.2 Å². The molecule has 114 valence electrons. The molecular formula is C16H18N4OS. The molecule has 5 nitrogen and oxygen atoms in total. The van der Waals surface area contributed by atoms with Crippen LogP contribution in [0.3, 0.4) is 0 Å². The number of para-hydroxylation sites is 1. The van der Waals surface area contributed by atoms with Crippen LogP contribution >= 0.6 is 11.8 Å². The predicted octanol–water partition coefficient (Wildman–Crippen LogP) is 2.70. The largest absolute Gasteiger partial charge is 0.394 e. The number of thioether (sulfide) groups is 1. The van der Waals surface area contributed by atoms with Crippen LogP contribution in [0.25, 0.3) is 10.9 Å². The van der Waals surface area contributed by atoms with Gasteiger partial charge in [-0.05, 0) is 36.4 Å². The van der Waals surface area contributed by atoms with Gasteiger partial charge < -0.3 is 15.4 Å². The molecule has 0 radical (unpaired) electrons. The molecule has 0 aliphatic heterocycles. The summed E-state index contributed by atoms with van der Waals surface area (Å²) in [5.41, 5.74) is 2.29. The number of aliphatic hydroxyl groups excluding tert-OH is 1. The maximum Gasteiger partial charge on any atom is 0.149 e. The van der Waals surface area contributed by atoms with E-state index in [1.807, 2.05) is 42.8 Å². The lowest BCUT2D eigenvalue weighted by molar-refractivity contribution is 0.273. The second kappa shape index (κ2) is 6.81. The third-order valence-corrected chi connectivity index (χ3v) is 4.20. The lowest BCUT2D eigenvalue weighted by Crippen LogP contribution is -2.26. The number of rotatable bonds is 6. The molecule has 0 bridgehead atoms. The van der Waals surface area contributed by atoms with Gasteiger partial charge in [-0.25, -0.2) is 0 Å². The van der Waals surface area contributed by atoms with E-state index in [0.717, 1.165) is 10.5 Å². The highest BCUT2D eigenvalue weighted by atomic mass is 32.2. The molecule has 1 atom stereocenters. The first kappa shape index (κ1) is 14.9. The molecule has 0 aliphatic carbocycles. The quantitative estimate of drug-likeness (QED) is 0.610. The zero-order chi connectivity index (χ0) is 15.4. The van der Waals surface area contributed by atoms with Gasteiger partial charge in [0.2, 0.25) is 0 Å². The fourth-order valence-electron chi connectivity index (χ4n) is 2.44. The Bertz CT molecular complexity index is 741. The Labute approximate surface area is 133 Å². The van der Waals surface area contributed by atoms with Crippen molar-refractivity contribution in [3.63, 3.8) is 0 Å². The number of anilines is 1. The minimum absolute atomic E-state index is 0.0332. The second-order valence-corrected chi connectivity index (χ2v) is 5.87. The standard InChI is InChI=1S/C16H18N4OS/c1-22-16-7-6-15(19-20-16)18-12(10-21)8-11-9-17-14-5-3-2-4-13(11)14/h2-7,9,12,17,21H,8,10H2,1H3,(H,18,19)/t12-/m1/s1. The molecule has 0 saturated heterocycles. The number of aromatic amines is 1. The summed E-state index contributed by atoms with van der Waals surface area (Å²) in [4.78, 5) is 3.26. The fourth-order valence-corrected chi connectivity index (χ4v) is 2.77. The summed E-state index contributed by atoms with van der Waals surface area (Å²) < 4.78 is 0. The van der Waals surface area contributed by atoms with Crippen molar-refractivity contribution in [2.45, 2.75) is 17.5 Å². The van der Waals surface area contributed by atoms with Gasteiger partial charge in [0.15, 0.2) is 0 Å². The van der Waals surface area contributed by atoms with Gasteiger partial charge in [0.25, 0.3) is 0 Å². The van der Waals surface area contributed by atoms with Gasteiger partial charge in [-0.3, -0.25) is 0 Å². The Kier molecular flexibility index (Phi) is 4.60. The molecule has 2 heterocycles. The monoisotopic (exact) mass is 314 g/mol. The number of aromatic nitrogens is 3. The van der Waals surface area contributed by atoms with Crippen LogP contribution in [0.1, 0.15) is 5.56 Å². The molecule has 0 fully saturated rings. The molecule has 3 N–H and O–H groups in total. The molecule has 1 aromatic carbocycles. The Morgan fingerprint density at radius 3 is 2.82 bits per heavy atom. The third kappa shape index (κ3) is 3.23. The number of fused-ring (bicyclic) bond motifs is 1. The van der Waals surface area contributed by atoms with Crippen molar-refractivity contribution in [3.05, 3.63) is 48.2 Å². The lowest BCUT2D eigenvalue weighted by Gasteiger charge is -2.16. The van der Waals surface area contributed by atoms with Gasteiger partial charge in [0.1, 0.15) is 10.8 Å². The predicted molar refractivity (Wildman–Crippen MR) is 90.3 cm³/mol. The molecular weight excluding hydrogens is 296 g/mol. The van der Waals surface area contributed by atoms with Crippen molar-refractivity contribution >= 4 is 28.5 Å². The molecule has 6 heteroatoms. The number of aliphatic hydroxyl groups is 1. The Morgan fingerprint density at radius 2 is 2.09 bits per heavy atom. The van der Waals surface area contributed by atoms with Gasteiger partial charge >= 0.3 is 0 Å². The molecule has 0 amide bonds. The van der Waals surface area contributed by atoms with Crippen LogP contribution in [0.4, 0.5) is 5.82 Å². The summed E-state index contributed by atoms with van der Waals surface area (Å²) in [6.07, 6.45) is 4.68. The van der Waals surface area contributed by atoms with E-state index in [2.05, 4.69) is 26.6 Å². The topological polar surface area (TPSA) is 73.8 Å². The fraction of sp³-hybridized carbons (Fsp3) is 0.250. The average Bonchev–Trinajstić information content (AvgIpc) is 2.98. The zero-order valence-electron chi connectivity index (χ0n) is 12.3. The molecule has 2 aromatic heterocycles. The number of H-pyrrole nitrogens is 1. The van der Waals surface area contributed by atoms with Crippen molar-refractivity contribution in [1.29, 1.82) is 0 Å². The van der Waals surface area contributed by atoms with E-state index in [1.165, 1.54) is 10.9 Å².